The van der Waals surface area contributed by atoms with Crippen LogP contribution >= 0.6 is 0 Å². The number of benzene rings is 2. The van der Waals surface area contributed by atoms with Gasteiger partial charge in [-0.15, -0.1) is 13.2 Å². The highest BCUT2D eigenvalue weighted by atomic mass is 32.2. The highest BCUT2D eigenvalue weighted by Gasteiger charge is 2.31. The molecule has 0 fully saturated rings. The number of hydrogen-bond acceptors (Lipinski definition) is 5. The zero-order valence-electron chi connectivity index (χ0n) is 17.4. The summed E-state index contributed by atoms with van der Waals surface area (Å²) in [4.78, 5) is 23.3. The van der Waals surface area contributed by atoms with E-state index in [0.29, 0.717) is 11.3 Å². The number of sulfonamides is 1. The minimum absolute atomic E-state index is 0.0600. The lowest BCUT2D eigenvalue weighted by atomic mass is 10.1. The quantitative estimate of drug-likeness (QED) is 0.613. The number of ether oxygens (including phenoxy) is 1. The van der Waals surface area contributed by atoms with Gasteiger partial charge in [-0.1, -0.05) is 12.1 Å². The van der Waals surface area contributed by atoms with Crippen LogP contribution in [0, 0.1) is 0 Å². The number of amides is 2. The summed E-state index contributed by atoms with van der Waals surface area (Å²) >= 11 is 0. The van der Waals surface area contributed by atoms with E-state index >= 15 is 0 Å². The fraction of sp³-hybridized carbons (Fsp3) is 0.300. The van der Waals surface area contributed by atoms with E-state index in [9.17, 15) is 31.2 Å². The van der Waals surface area contributed by atoms with Crippen LogP contribution in [0.4, 0.5) is 18.9 Å². The molecule has 0 heterocycles. The molecule has 174 valence electrons. The van der Waals surface area contributed by atoms with Crippen molar-refractivity contribution in [2.45, 2.75) is 31.1 Å². The third-order valence-electron chi connectivity index (χ3n) is 4.24. The van der Waals surface area contributed by atoms with Crippen LogP contribution < -0.4 is 15.4 Å². The molecule has 2 rings (SSSR count). The predicted octanol–water partition coefficient (Wildman–Crippen LogP) is 3.04. The largest absolute Gasteiger partial charge is 0.573 e. The van der Waals surface area contributed by atoms with Crippen LogP contribution in [-0.4, -0.2) is 44.5 Å². The van der Waals surface area contributed by atoms with Crippen molar-refractivity contribution in [1.82, 2.24) is 9.62 Å². The van der Waals surface area contributed by atoms with Crippen LogP contribution in [0.25, 0.3) is 0 Å². The van der Waals surface area contributed by atoms with Gasteiger partial charge in [0, 0.05) is 19.7 Å². The first-order chi connectivity index (χ1) is 14.8. The summed E-state index contributed by atoms with van der Waals surface area (Å²) in [6.45, 7) is 2.45. The van der Waals surface area contributed by atoms with E-state index in [0.717, 1.165) is 16.4 Å². The van der Waals surface area contributed by atoms with E-state index in [1.165, 1.54) is 50.4 Å². The average molecular weight is 473 g/mol. The molecule has 0 aliphatic rings. The molecule has 1 atom stereocenters. The highest BCUT2D eigenvalue weighted by molar-refractivity contribution is 7.89. The van der Waals surface area contributed by atoms with E-state index in [2.05, 4.69) is 15.4 Å². The van der Waals surface area contributed by atoms with Crippen molar-refractivity contribution < 1.29 is 35.9 Å². The predicted molar refractivity (Wildman–Crippen MR) is 110 cm³/mol. The topological polar surface area (TPSA) is 105 Å². The molecule has 2 N–H and O–H groups in total. The number of rotatable bonds is 8. The third kappa shape index (κ3) is 7.24. The minimum Gasteiger partial charge on any atom is -0.406 e. The molecule has 0 spiro atoms. The minimum atomic E-state index is -4.80. The summed E-state index contributed by atoms with van der Waals surface area (Å²) in [6, 6.07) is 9.85. The summed E-state index contributed by atoms with van der Waals surface area (Å²) in [7, 11) is -2.73. The Morgan fingerprint density at radius 3 is 2.12 bits per heavy atom. The Labute approximate surface area is 183 Å². The van der Waals surface area contributed by atoms with E-state index in [1.807, 2.05) is 0 Å². The van der Waals surface area contributed by atoms with Gasteiger partial charge in [-0.25, -0.2) is 8.42 Å². The molecule has 0 radical (unpaired) electrons. The van der Waals surface area contributed by atoms with Gasteiger partial charge < -0.3 is 15.4 Å². The molecular weight excluding hydrogens is 451 g/mol. The van der Waals surface area contributed by atoms with Crippen molar-refractivity contribution in [3.05, 3.63) is 54.1 Å². The van der Waals surface area contributed by atoms with Crippen LogP contribution in [-0.2, 0) is 19.6 Å². The molecule has 0 saturated carbocycles. The number of likely N-dealkylation sites (N-methyl/N-ethyl adjacent to an activating group) is 1. The normalized spacial score (nSPS) is 12.8. The summed E-state index contributed by atoms with van der Waals surface area (Å²) < 4.78 is 66.7. The molecule has 8 nitrogen and oxygen atoms in total. The zero-order chi connectivity index (χ0) is 24.1. The van der Waals surface area contributed by atoms with Crippen LogP contribution in [0.15, 0.2) is 53.4 Å². The first-order valence-corrected chi connectivity index (χ1v) is 10.7. The molecule has 32 heavy (non-hydrogen) atoms. The molecule has 0 aliphatic carbocycles. The van der Waals surface area contributed by atoms with Gasteiger partial charge in [-0.3, -0.25) is 9.59 Å². The van der Waals surface area contributed by atoms with Crippen LogP contribution in [0.3, 0.4) is 0 Å². The SMILES string of the molecule is CC(=O)Nc1ccc(S(=O)(=O)N(C)CC(=O)NC(C)c2ccc(OC(F)(F)F)cc2)cc1. The monoisotopic (exact) mass is 473 g/mol. The Hall–Kier alpha value is -3.12. The van der Waals surface area contributed by atoms with Crippen LogP contribution in [0.2, 0.25) is 0 Å². The first kappa shape index (κ1) is 25.1. The molecule has 0 aliphatic heterocycles. The fourth-order valence-electron chi connectivity index (χ4n) is 2.71. The second kappa shape index (κ2) is 10.0. The van der Waals surface area contributed by atoms with Gasteiger partial charge in [-0.2, -0.15) is 4.31 Å². The standard InChI is InChI=1S/C20H22F3N3O5S/c1-13(15-4-8-17(9-5-15)31-20(21,22)23)24-19(28)12-26(3)32(29,30)18-10-6-16(7-11-18)25-14(2)27/h4-11,13H,12H2,1-3H3,(H,24,28)(H,25,27). The van der Waals surface area contributed by atoms with E-state index in [-0.39, 0.29) is 10.8 Å². The Morgan fingerprint density at radius 1 is 1.06 bits per heavy atom. The van der Waals surface area contributed by atoms with Gasteiger partial charge in [0.05, 0.1) is 17.5 Å². The number of hydrogen-bond donors (Lipinski definition) is 2. The number of halogens is 3. The van der Waals surface area contributed by atoms with Crippen molar-refractivity contribution in [3.8, 4) is 5.75 Å². The van der Waals surface area contributed by atoms with E-state index < -0.39 is 40.6 Å². The highest BCUT2D eigenvalue weighted by Crippen LogP contribution is 2.24. The first-order valence-electron chi connectivity index (χ1n) is 9.27. The van der Waals surface area contributed by atoms with E-state index in [4.69, 9.17) is 0 Å². The van der Waals surface area contributed by atoms with Crippen molar-refractivity contribution in [2.75, 3.05) is 18.9 Å². The molecule has 0 bridgehead atoms. The third-order valence-corrected chi connectivity index (χ3v) is 6.06. The Kier molecular flexibility index (Phi) is 7.86. The van der Waals surface area contributed by atoms with Crippen molar-refractivity contribution in [2.24, 2.45) is 0 Å². The lowest BCUT2D eigenvalue weighted by Gasteiger charge is -2.20. The van der Waals surface area contributed by atoms with E-state index in [1.54, 1.807) is 6.92 Å². The average Bonchev–Trinajstić information content (AvgIpc) is 2.67. The van der Waals surface area contributed by atoms with Gasteiger partial charge in [0.15, 0.2) is 0 Å². The summed E-state index contributed by atoms with van der Waals surface area (Å²) in [6.07, 6.45) is -4.80. The van der Waals surface area contributed by atoms with Gasteiger partial charge in [0.25, 0.3) is 0 Å². The van der Waals surface area contributed by atoms with Crippen molar-refractivity contribution in [3.63, 3.8) is 0 Å². The Bertz CT molecular complexity index is 1060. The molecule has 2 amide bonds. The number of nitrogens with one attached hydrogen (secondary N) is 2. The number of nitrogens with zero attached hydrogens (tertiary/aromatic N) is 1. The number of alkyl halides is 3. The summed E-state index contributed by atoms with van der Waals surface area (Å²) in [5, 5.41) is 5.12. The fourth-order valence-corrected chi connectivity index (χ4v) is 3.84. The van der Waals surface area contributed by atoms with Gasteiger partial charge >= 0.3 is 6.36 Å². The number of anilines is 1. The van der Waals surface area contributed by atoms with Crippen molar-refractivity contribution >= 4 is 27.5 Å². The molecule has 0 aromatic heterocycles. The zero-order valence-corrected chi connectivity index (χ0v) is 18.3. The smallest absolute Gasteiger partial charge is 0.406 e. The maximum Gasteiger partial charge on any atom is 0.573 e. The maximum absolute atomic E-state index is 12.7. The second-order valence-electron chi connectivity index (χ2n) is 6.87. The van der Waals surface area contributed by atoms with Gasteiger partial charge in [-0.05, 0) is 48.9 Å². The van der Waals surface area contributed by atoms with Gasteiger partial charge in [0.1, 0.15) is 5.75 Å². The molecular formula is C20H22F3N3O5S. The Morgan fingerprint density at radius 2 is 1.62 bits per heavy atom. The molecule has 0 saturated heterocycles. The maximum atomic E-state index is 12.7. The second-order valence-corrected chi connectivity index (χ2v) is 8.92. The molecule has 1 unspecified atom stereocenters. The summed E-state index contributed by atoms with van der Waals surface area (Å²) in [5.74, 6) is -1.30. The molecule has 12 heteroatoms. The molecule has 2 aromatic rings. The number of carbonyl (C=O) groups is 2. The van der Waals surface area contributed by atoms with Gasteiger partial charge in [0.2, 0.25) is 21.8 Å². The number of carbonyl (C=O) groups excluding carboxylic acids is 2. The van der Waals surface area contributed by atoms with Crippen LogP contribution in [0.5, 0.6) is 5.75 Å². The van der Waals surface area contributed by atoms with Crippen LogP contribution in [0.1, 0.15) is 25.5 Å². The summed E-state index contributed by atoms with van der Waals surface area (Å²) in [5.41, 5.74) is 0.935. The molecule has 2 aromatic carbocycles. The Balaban J connectivity index is 1.98. The lowest BCUT2D eigenvalue weighted by Crippen LogP contribution is -2.39. The van der Waals surface area contributed by atoms with Crippen molar-refractivity contribution in [1.29, 1.82) is 0 Å². The lowest BCUT2D eigenvalue weighted by molar-refractivity contribution is -0.274.